The van der Waals surface area contributed by atoms with E-state index >= 15 is 0 Å². The molecule has 0 unspecified atom stereocenters. The number of nitrogens with one attached hydrogen (secondary N) is 1. The summed E-state index contributed by atoms with van der Waals surface area (Å²) in [5.41, 5.74) is 4.07. The summed E-state index contributed by atoms with van der Waals surface area (Å²) < 4.78 is 5.35. The summed E-state index contributed by atoms with van der Waals surface area (Å²) in [5, 5.41) is 7.37. The minimum atomic E-state index is 0.475. The summed E-state index contributed by atoms with van der Waals surface area (Å²) in [6.45, 7) is 1.03. The Morgan fingerprint density at radius 2 is 2.19 bits per heavy atom. The van der Waals surface area contributed by atoms with Gasteiger partial charge in [0.1, 0.15) is 12.0 Å². The van der Waals surface area contributed by atoms with Gasteiger partial charge in [0.2, 0.25) is 5.82 Å². The van der Waals surface area contributed by atoms with E-state index in [1.54, 1.807) is 12.3 Å². The number of anilines is 1. The molecule has 1 aromatic carbocycles. The van der Waals surface area contributed by atoms with Crippen molar-refractivity contribution in [1.82, 2.24) is 20.1 Å². The lowest BCUT2D eigenvalue weighted by atomic mass is 10.0. The van der Waals surface area contributed by atoms with E-state index in [1.165, 1.54) is 17.6 Å². The molecule has 0 atom stereocenters. The second-order valence-corrected chi connectivity index (χ2v) is 4.92. The Kier molecular flexibility index (Phi) is 2.85. The van der Waals surface area contributed by atoms with E-state index < -0.39 is 0 Å². The van der Waals surface area contributed by atoms with Crippen LogP contribution in [0.4, 0.5) is 5.69 Å². The third-order valence-electron chi connectivity index (χ3n) is 3.53. The highest BCUT2D eigenvalue weighted by Gasteiger charge is 2.14. The van der Waals surface area contributed by atoms with Crippen LogP contribution in [0.5, 0.6) is 0 Å². The van der Waals surface area contributed by atoms with Crippen molar-refractivity contribution in [3.63, 3.8) is 0 Å². The molecule has 104 valence electrons. The number of hydrogen-bond acceptors (Lipinski definition) is 6. The monoisotopic (exact) mass is 279 g/mol. The van der Waals surface area contributed by atoms with Crippen molar-refractivity contribution >= 4 is 5.69 Å². The molecule has 0 bridgehead atoms. The molecule has 4 rings (SSSR count). The van der Waals surface area contributed by atoms with Gasteiger partial charge in [0.15, 0.2) is 0 Å². The summed E-state index contributed by atoms with van der Waals surface area (Å²) >= 11 is 0. The zero-order valence-corrected chi connectivity index (χ0v) is 11.3. The van der Waals surface area contributed by atoms with Gasteiger partial charge in [-0.3, -0.25) is 0 Å². The molecule has 1 N–H and O–H groups in total. The number of aromatic nitrogens is 4. The Hall–Kier alpha value is -2.76. The molecule has 2 aromatic heterocycles. The fourth-order valence-electron chi connectivity index (χ4n) is 2.48. The average Bonchev–Trinajstić information content (AvgIpc) is 3.05. The maximum absolute atomic E-state index is 5.35. The molecule has 0 radical (unpaired) electrons. The minimum Gasteiger partial charge on any atom is -0.385 e. The van der Waals surface area contributed by atoms with Gasteiger partial charge in [-0.2, -0.15) is 4.98 Å². The first-order valence-corrected chi connectivity index (χ1v) is 6.87. The van der Waals surface area contributed by atoms with Crippen molar-refractivity contribution in [2.45, 2.75) is 12.8 Å². The molecule has 1 aliphatic heterocycles. The molecule has 1 aliphatic rings. The molecular formula is C15H13N5O. The number of rotatable bonds is 2. The second-order valence-electron chi connectivity index (χ2n) is 4.92. The molecule has 6 heteroatoms. The van der Waals surface area contributed by atoms with E-state index in [-0.39, 0.29) is 0 Å². The van der Waals surface area contributed by atoms with Crippen LogP contribution in [0, 0.1) is 0 Å². The average molecular weight is 279 g/mol. The van der Waals surface area contributed by atoms with E-state index in [0.29, 0.717) is 17.4 Å². The summed E-state index contributed by atoms with van der Waals surface area (Å²) in [5.74, 6) is 0.986. The Morgan fingerprint density at radius 3 is 3.10 bits per heavy atom. The van der Waals surface area contributed by atoms with Crippen LogP contribution in [0.25, 0.3) is 23.0 Å². The van der Waals surface area contributed by atoms with E-state index in [1.807, 2.05) is 6.07 Å². The predicted octanol–water partition coefficient (Wildman–Crippen LogP) is 2.55. The van der Waals surface area contributed by atoms with Crippen molar-refractivity contribution < 1.29 is 4.52 Å². The van der Waals surface area contributed by atoms with Crippen molar-refractivity contribution in [3.8, 4) is 23.0 Å². The van der Waals surface area contributed by atoms with Crippen LogP contribution in [-0.4, -0.2) is 26.7 Å². The van der Waals surface area contributed by atoms with E-state index in [9.17, 15) is 0 Å². The van der Waals surface area contributed by atoms with E-state index in [0.717, 1.165) is 24.9 Å². The fourth-order valence-corrected chi connectivity index (χ4v) is 2.48. The number of fused-ring (bicyclic) bond motifs is 1. The van der Waals surface area contributed by atoms with Crippen LogP contribution in [0.15, 0.2) is 41.3 Å². The summed E-state index contributed by atoms with van der Waals surface area (Å²) in [6, 6.07) is 7.93. The van der Waals surface area contributed by atoms with Crippen molar-refractivity contribution in [3.05, 3.63) is 42.4 Å². The van der Waals surface area contributed by atoms with Gasteiger partial charge in [-0.15, -0.1) is 0 Å². The first kappa shape index (κ1) is 12.0. The smallest absolute Gasteiger partial charge is 0.258 e. The van der Waals surface area contributed by atoms with Crippen LogP contribution in [-0.2, 0) is 6.42 Å². The lowest BCUT2D eigenvalue weighted by molar-refractivity contribution is 0.432. The van der Waals surface area contributed by atoms with Gasteiger partial charge in [0, 0.05) is 24.0 Å². The molecule has 0 saturated heterocycles. The number of hydrogen-bond donors (Lipinski definition) is 1. The Balaban J connectivity index is 1.70. The van der Waals surface area contributed by atoms with Gasteiger partial charge in [-0.25, -0.2) is 9.97 Å². The number of aryl methyl sites for hydroxylation is 1. The number of benzene rings is 1. The maximum Gasteiger partial charge on any atom is 0.258 e. The topological polar surface area (TPSA) is 76.7 Å². The molecular weight excluding hydrogens is 266 g/mol. The zero-order valence-electron chi connectivity index (χ0n) is 11.3. The molecule has 3 heterocycles. The van der Waals surface area contributed by atoms with Crippen LogP contribution in [0.1, 0.15) is 12.0 Å². The third kappa shape index (κ3) is 2.24. The maximum atomic E-state index is 5.35. The standard InChI is InChI=1S/C15H13N5O/c1-2-10-8-11(3-4-12(10)17-6-1)15-19-14(20-21-15)13-5-7-16-9-18-13/h3-5,7-9,17H,1-2,6H2. The summed E-state index contributed by atoms with van der Waals surface area (Å²) in [7, 11) is 0. The van der Waals surface area contributed by atoms with Gasteiger partial charge < -0.3 is 9.84 Å². The molecule has 0 amide bonds. The lowest BCUT2D eigenvalue weighted by Crippen LogP contribution is -2.11. The van der Waals surface area contributed by atoms with Crippen molar-refractivity contribution in [2.24, 2.45) is 0 Å². The SMILES string of the molecule is c1cc(-c2noc(-c3ccc4c(c3)CCCN4)n2)ncn1. The van der Waals surface area contributed by atoms with Gasteiger partial charge in [0.05, 0.1) is 0 Å². The van der Waals surface area contributed by atoms with E-state index in [2.05, 4.69) is 37.6 Å². The first-order valence-electron chi connectivity index (χ1n) is 6.87. The molecule has 0 aliphatic carbocycles. The Bertz CT molecular complexity index is 769. The normalized spacial score (nSPS) is 13.5. The van der Waals surface area contributed by atoms with Crippen LogP contribution >= 0.6 is 0 Å². The van der Waals surface area contributed by atoms with Crippen LogP contribution < -0.4 is 5.32 Å². The molecule has 0 fully saturated rings. The summed E-state index contributed by atoms with van der Waals surface area (Å²) in [6.07, 6.45) is 5.34. The summed E-state index contributed by atoms with van der Waals surface area (Å²) in [4.78, 5) is 12.4. The lowest BCUT2D eigenvalue weighted by Gasteiger charge is -2.17. The highest BCUT2D eigenvalue weighted by Crippen LogP contribution is 2.28. The van der Waals surface area contributed by atoms with Gasteiger partial charge in [-0.1, -0.05) is 5.16 Å². The largest absolute Gasteiger partial charge is 0.385 e. The molecule has 0 saturated carbocycles. The minimum absolute atomic E-state index is 0.475. The van der Waals surface area contributed by atoms with Gasteiger partial charge in [-0.05, 0) is 42.7 Å². The van der Waals surface area contributed by atoms with Gasteiger partial charge >= 0.3 is 0 Å². The molecule has 21 heavy (non-hydrogen) atoms. The molecule has 0 spiro atoms. The fraction of sp³-hybridized carbons (Fsp3) is 0.200. The predicted molar refractivity (Wildman–Crippen MR) is 77.6 cm³/mol. The first-order chi connectivity index (χ1) is 10.4. The van der Waals surface area contributed by atoms with Crippen LogP contribution in [0.3, 0.4) is 0 Å². The van der Waals surface area contributed by atoms with Gasteiger partial charge in [0.25, 0.3) is 5.89 Å². The number of nitrogens with zero attached hydrogens (tertiary/aromatic N) is 4. The highest BCUT2D eigenvalue weighted by atomic mass is 16.5. The highest BCUT2D eigenvalue weighted by molar-refractivity contribution is 5.64. The van der Waals surface area contributed by atoms with E-state index in [4.69, 9.17) is 4.52 Å². The van der Waals surface area contributed by atoms with Crippen molar-refractivity contribution in [1.29, 1.82) is 0 Å². The third-order valence-corrected chi connectivity index (χ3v) is 3.53. The quantitative estimate of drug-likeness (QED) is 0.776. The Labute approximate surface area is 121 Å². The Morgan fingerprint density at radius 1 is 1.19 bits per heavy atom. The zero-order chi connectivity index (χ0) is 14.1. The molecule has 6 nitrogen and oxygen atoms in total. The molecule has 3 aromatic rings. The second kappa shape index (κ2) is 4.97. The van der Waals surface area contributed by atoms with Crippen LogP contribution in [0.2, 0.25) is 0 Å². The van der Waals surface area contributed by atoms with Crippen molar-refractivity contribution in [2.75, 3.05) is 11.9 Å².